The molecule has 0 N–H and O–H groups in total. The SMILES string of the molecule is c1ccc(-c2ccc(N(c3ccc4c(c3)oc3ccccc34)c3ccc4c(c3)oc3ccc5nc(-c6ccccc6)sc5c34)cc2)cc1. The maximum atomic E-state index is 6.56. The van der Waals surface area contributed by atoms with E-state index in [-0.39, 0.29) is 0 Å². The minimum atomic E-state index is 0.834. The second-order valence-corrected chi connectivity index (χ2v) is 13.0. The van der Waals surface area contributed by atoms with E-state index < -0.39 is 0 Å². The summed E-state index contributed by atoms with van der Waals surface area (Å²) in [5.41, 5.74) is 10.9. The molecule has 0 aliphatic carbocycles. The molecule has 0 saturated carbocycles. The molecule has 0 fully saturated rings. The van der Waals surface area contributed by atoms with Crippen molar-refractivity contribution in [2.75, 3.05) is 4.90 Å². The van der Waals surface area contributed by atoms with Gasteiger partial charge >= 0.3 is 0 Å². The van der Waals surface area contributed by atoms with Crippen LogP contribution in [0.1, 0.15) is 0 Å². The smallest absolute Gasteiger partial charge is 0.137 e. The number of nitrogens with zero attached hydrogens (tertiary/aromatic N) is 2. The highest BCUT2D eigenvalue weighted by Crippen LogP contribution is 2.44. The Balaban J connectivity index is 1.14. The standard InChI is InChI=1S/C43H26N2O2S/c1-3-9-27(10-4-1)28-15-17-30(18-16-28)45(31-19-21-34-33-13-7-8-14-37(33)46-39(34)25-31)32-20-22-35-40(26-32)47-38-24-23-36-42(41(35)38)48-43(44-36)29-11-5-2-6-12-29/h1-26H. The summed E-state index contributed by atoms with van der Waals surface area (Å²) in [5, 5.41) is 5.41. The number of furan rings is 2. The lowest BCUT2D eigenvalue weighted by atomic mass is 10.0. The predicted octanol–water partition coefficient (Wildman–Crippen LogP) is 12.9. The first-order valence-corrected chi connectivity index (χ1v) is 16.8. The Bertz CT molecular complexity index is 2780. The zero-order valence-electron chi connectivity index (χ0n) is 25.6. The zero-order valence-corrected chi connectivity index (χ0v) is 26.4. The second-order valence-electron chi connectivity index (χ2n) is 12.0. The van der Waals surface area contributed by atoms with Crippen LogP contribution in [0, 0.1) is 0 Å². The van der Waals surface area contributed by atoms with Gasteiger partial charge in [-0.3, -0.25) is 0 Å². The van der Waals surface area contributed by atoms with Gasteiger partial charge in [0.15, 0.2) is 0 Å². The number of anilines is 3. The van der Waals surface area contributed by atoms with Gasteiger partial charge in [-0.15, -0.1) is 11.3 Å². The number of hydrogen-bond acceptors (Lipinski definition) is 5. The van der Waals surface area contributed by atoms with Crippen LogP contribution in [0.25, 0.3) is 75.8 Å². The van der Waals surface area contributed by atoms with Crippen molar-refractivity contribution < 1.29 is 8.83 Å². The van der Waals surface area contributed by atoms with Crippen molar-refractivity contribution >= 4 is 82.5 Å². The summed E-state index contributed by atoms with van der Waals surface area (Å²) in [6.45, 7) is 0. The van der Waals surface area contributed by atoms with Gasteiger partial charge < -0.3 is 13.7 Å². The first-order valence-electron chi connectivity index (χ1n) is 15.9. The average Bonchev–Trinajstić information content (AvgIpc) is 3.85. The van der Waals surface area contributed by atoms with Gasteiger partial charge in [-0.1, -0.05) is 91.0 Å². The van der Waals surface area contributed by atoms with Gasteiger partial charge in [-0.05, 0) is 65.7 Å². The fraction of sp³-hybridized carbons (Fsp3) is 0. The van der Waals surface area contributed by atoms with E-state index in [2.05, 4.69) is 132 Å². The molecule has 226 valence electrons. The van der Waals surface area contributed by atoms with Crippen molar-refractivity contribution in [2.45, 2.75) is 0 Å². The van der Waals surface area contributed by atoms with E-state index >= 15 is 0 Å². The van der Waals surface area contributed by atoms with Crippen molar-refractivity contribution in [3.63, 3.8) is 0 Å². The zero-order chi connectivity index (χ0) is 31.6. The molecular weight excluding hydrogens is 609 g/mol. The molecule has 0 amide bonds. The molecule has 4 nitrogen and oxygen atoms in total. The Morgan fingerprint density at radius 2 is 1.02 bits per heavy atom. The molecule has 48 heavy (non-hydrogen) atoms. The van der Waals surface area contributed by atoms with Crippen molar-refractivity contribution in [3.05, 3.63) is 158 Å². The molecule has 0 spiro atoms. The van der Waals surface area contributed by atoms with Crippen LogP contribution < -0.4 is 4.90 Å². The molecule has 0 aliphatic rings. The van der Waals surface area contributed by atoms with Gasteiger partial charge in [0.1, 0.15) is 27.3 Å². The summed E-state index contributed by atoms with van der Waals surface area (Å²) < 4.78 is 14.0. The fourth-order valence-electron chi connectivity index (χ4n) is 6.81. The van der Waals surface area contributed by atoms with Gasteiger partial charge in [0.2, 0.25) is 0 Å². The number of aromatic nitrogens is 1. The molecule has 0 unspecified atom stereocenters. The maximum absolute atomic E-state index is 6.56. The van der Waals surface area contributed by atoms with Crippen molar-refractivity contribution in [3.8, 4) is 21.7 Å². The van der Waals surface area contributed by atoms with Crippen molar-refractivity contribution in [1.82, 2.24) is 4.98 Å². The van der Waals surface area contributed by atoms with Crippen LogP contribution in [-0.4, -0.2) is 4.98 Å². The average molecular weight is 635 g/mol. The lowest BCUT2D eigenvalue weighted by Crippen LogP contribution is -2.09. The van der Waals surface area contributed by atoms with Gasteiger partial charge in [-0.2, -0.15) is 0 Å². The molecule has 3 aromatic heterocycles. The van der Waals surface area contributed by atoms with E-state index in [9.17, 15) is 0 Å². The highest BCUT2D eigenvalue weighted by atomic mass is 32.1. The fourth-order valence-corrected chi connectivity index (χ4v) is 7.93. The number of hydrogen-bond donors (Lipinski definition) is 0. The minimum Gasteiger partial charge on any atom is -0.456 e. The third-order valence-electron chi connectivity index (χ3n) is 9.11. The van der Waals surface area contributed by atoms with E-state index in [1.165, 1.54) is 11.1 Å². The molecule has 5 heteroatoms. The summed E-state index contributed by atoms with van der Waals surface area (Å²) in [7, 11) is 0. The Kier molecular flexibility index (Phi) is 6.01. The predicted molar refractivity (Wildman–Crippen MR) is 200 cm³/mol. The maximum Gasteiger partial charge on any atom is 0.137 e. The van der Waals surface area contributed by atoms with E-state index in [0.29, 0.717) is 0 Å². The third-order valence-corrected chi connectivity index (χ3v) is 10.2. The van der Waals surface area contributed by atoms with Crippen molar-refractivity contribution in [1.29, 1.82) is 0 Å². The molecule has 0 radical (unpaired) electrons. The summed E-state index contributed by atoms with van der Waals surface area (Å²) in [6, 6.07) is 54.8. The van der Waals surface area contributed by atoms with E-state index in [1.807, 2.05) is 30.3 Å². The quantitative estimate of drug-likeness (QED) is 0.189. The van der Waals surface area contributed by atoms with Crippen LogP contribution in [0.3, 0.4) is 0 Å². The monoisotopic (exact) mass is 634 g/mol. The van der Waals surface area contributed by atoms with Gasteiger partial charge in [0.05, 0.1) is 10.2 Å². The van der Waals surface area contributed by atoms with Crippen LogP contribution in [0.5, 0.6) is 0 Å². The Hall–Kier alpha value is -6.17. The van der Waals surface area contributed by atoms with Crippen LogP contribution in [-0.2, 0) is 0 Å². The second kappa shape index (κ2) is 10.7. The summed E-state index contributed by atoms with van der Waals surface area (Å²) in [4.78, 5) is 7.24. The minimum absolute atomic E-state index is 0.834. The Morgan fingerprint density at radius 3 is 1.79 bits per heavy atom. The Labute approximate surface area is 279 Å². The van der Waals surface area contributed by atoms with Crippen LogP contribution in [0.15, 0.2) is 167 Å². The van der Waals surface area contributed by atoms with Gasteiger partial charge in [0, 0.05) is 56.3 Å². The lowest BCUT2D eigenvalue weighted by molar-refractivity contribution is 0.669. The first kappa shape index (κ1) is 27.0. The highest BCUT2D eigenvalue weighted by molar-refractivity contribution is 7.22. The number of benzene rings is 7. The molecular formula is C43H26N2O2S. The lowest BCUT2D eigenvalue weighted by Gasteiger charge is -2.25. The number of para-hydroxylation sites is 1. The number of thiazole rings is 1. The van der Waals surface area contributed by atoms with Crippen LogP contribution in [0.2, 0.25) is 0 Å². The van der Waals surface area contributed by atoms with Crippen molar-refractivity contribution in [2.24, 2.45) is 0 Å². The molecule has 0 atom stereocenters. The number of rotatable bonds is 5. The largest absolute Gasteiger partial charge is 0.456 e. The third kappa shape index (κ3) is 4.33. The molecule has 0 aliphatic heterocycles. The number of fused-ring (bicyclic) bond motifs is 8. The summed E-state index contributed by atoms with van der Waals surface area (Å²) in [6.07, 6.45) is 0. The van der Waals surface area contributed by atoms with E-state index in [1.54, 1.807) is 11.3 Å². The molecule has 7 aromatic carbocycles. The van der Waals surface area contributed by atoms with Crippen LogP contribution >= 0.6 is 11.3 Å². The van der Waals surface area contributed by atoms with Gasteiger partial charge in [0.25, 0.3) is 0 Å². The topological polar surface area (TPSA) is 42.4 Å². The van der Waals surface area contributed by atoms with E-state index in [4.69, 9.17) is 13.8 Å². The molecule has 3 heterocycles. The van der Waals surface area contributed by atoms with E-state index in [0.717, 1.165) is 81.7 Å². The summed E-state index contributed by atoms with van der Waals surface area (Å²) >= 11 is 1.71. The Morgan fingerprint density at radius 1 is 0.438 bits per heavy atom. The molecule has 0 bridgehead atoms. The van der Waals surface area contributed by atoms with Crippen LogP contribution in [0.4, 0.5) is 17.1 Å². The summed E-state index contributed by atoms with van der Waals surface area (Å²) in [5.74, 6) is 0. The molecule has 10 rings (SSSR count). The van der Waals surface area contributed by atoms with Gasteiger partial charge in [-0.25, -0.2) is 4.98 Å². The molecule has 10 aromatic rings. The first-order chi connectivity index (χ1) is 23.8. The normalized spacial score (nSPS) is 11.8. The highest BCUT2D eigenvalue weighted by Gasteiger charge is 2.19. The molecule has 0 saturated heterocycles.